The van der Waals surface area contributed by atoms with Crippen molar-refractivity contribution in [2.75, 3.05) is 0 Å². The number of benzene rings is 10. The maximum Gasteiger partial charge on any atom is 0.143 e. The van der Waals surface area contributed by atoms with E-state index in [0.717, 1.165) is 0 Å². The normalized spacial score (nSPS) is 19.9. The summed E-state index contributed by atoms with van der Waals surface area (Å²) in [5.41, 5.74) is -3.20. The van der Waals surface area contributed by atoms with Gasteiger partial charge in [0.25, 0.3) is 0 Å². The van der Waals surface area contributed by atoms with Gasteiger partial charge >= 0.3 is 0 Å². The van der Waals surface area contributed by atoms with Gasteiger partial charge < -0.3 is 4.42 Å². The highest BCUT2D eigenvalue weighted by atomic mass is 16.3. The number of hydrogen-bond acceptors (Lipinski definition) is 1. The van der Waals surface area contributed by atoms with Crippen LogP contribution in [0, 0.1) is 0 Å². The molecule has 0 aliphatic heterocycles. The maximum absolute atomic E-state index is 10.1. The topological polar surface area (TPSA) is 13.1 Å². The van der Waals surface area contributed by atoms with E-state index in [1.165, 1.54) is 0 Å². The summed E-state index contributed by atoms with van der Waals surface area (Å²) in [6.45, 7) is 0. The van der Waals surface area contributed by atoms with Gasteiger partial charge in [-0.25, -0.2) is 0 Å². The standard InChI is InChI=1S/C49H30O/c1-3-15-34-30(12-1)24-25-33-29-44(38-19-7-8-20-39(38)46(33)34)48-40-21-9-5-17-36(40)43(37-18-6-10-22-41(37)48)28-32-14-11-23-45-47(32)42-27-26-31-13-2-4-16-35(31)49(42)50-45/h1-27,29H,28H2/i1D,2D,3D,4D,5D,6D,7D,8D,9D,10D,11D,12D,13D,14D,15D,16D,17D,18D,19D,20D,21D,22D,23D,24D,25D,26D,27D,29D. The molecular formula is C49H30O. The molecule has 50 heavy (non-hydrogen) atoms. The predicted octanol–water partition coefficient (Wildman–Crippen LogP) is 13.8. The number of hydrogen-bond donors (Lipinski definition) is 0. The first-order chi connectivity index (χ1) is 36.5. The first-order valence-electron chi connectivity index (χ1n) is 29.1. The molecule has 0 fully saturated rings. The van der Waals surface area contributed by atoms with Crippen molar-refractivity contribution in [1.29, 1.82) is 0 Å². The Labute approximate surface area is 327 Å². The lowest BCUT2D eigenvalue weighted by Gasteiger charge is -2.20. The van der Waals surface area contributed by atoms with E-state index in [4.69, 9.17) is 29.1 Å². The Kier molecular flexibility index (Phi) is 2.50. The van der Waals surface area contributed by atoms with Gasteiger partial charge in [-0.2, -0.15) is 0 Å². The average Bonchev–Trinajstić information content (AvgIpc) is 3.98. The van der Waals surface area contributed by atoms with Crippen LogP contribution in [0.15, 0.2) is 174 Å². The third-order valence-electron chi connectivity index (χ3n) is 8.85. The van der Waals surface area contributed by atoms with Crippen LogP contribution in [0.3, 0.4) is 0 Å². The molecule has 0 spiro atoms. The first-order valence-corrected chi connectivity index (χ1v) is 15.1. The van der Waals surface area contributed by atoms with Crippen molar-refractivity contribution >= 4 is 86.6 Å². The molecule has 1 heterocycles. The molecule has 1 heteroatoms. The summed E-state index contributed by atoms with van der Waals surface area (Å²) in [5, 5.41) is -7.52. The second-order valence-corrected chi connectivity index (χ2v) is 11.4. The van der Waals surface area contributed by atoms with Crippen molar-refractivity contribution < 1.29 is 42.8 Å². The van der Waals surface area contributed by atoms with Gasteiger partial charge in [-0.1, -0.05) is 151 Å². The van der Waals surface area contributed by atoms with Crippen molar-refractivity contribution in [3.05, 3.63) is 180 Å². The number of furan rings is 1. The Bertz CT molecular complexity index is 4710. The van der Waals surface area contributed by atoms with Gasteiger partial charge in [0.2, 0.25) is 0 Å². The summed E-state index contributed by atoms with van der Waals surface area (Å²) in [6.07, 6.45) is -0.892. The molecule has 1 nitrogen and oxygen atoms in total. The maximum atomic E-state index is 10.1. The van der Waals surface area contributed by atoms with E-state index >= 15 is 0 Å². The molecule has 0 radical (unpaired) electrons. The minimum Gasteiger partial charge on any atom is -0.455 e. The van der Waals surface area contributed by atoms with Crippen LogP contribution in [0.1, 0.15) is 49.5 Å². The summed E-state index contributed by atoms with van der Waals surface area (Å²) < 4.78 is 261. The second-order valence-electron chi connectivity index (χ2n) is 11.4. The van der Waals surface area contributed by atoms with Gasteiger partial charge in [-0.05, 0) is 106 Å². The fourth-order valence-corrected chi connectivity index (χ4v) is 6.78. The Morgan fingerprint density at radius 2 is 0.960 bits per heavy atom. The lowest BCUT2D eigenvalue weighted by atomic mass is 9.83. The molecule has 232 valence electrons. The van der Waals surface area contributed by atoms with Crippen LogP contribution >= 0.6 is 0 Å². The summed E-state index contributed by atoms with van der Waals surface area (Å²) in [4.78, 5) is 0. The molecular weight excluding hydrogens is 605 g/mol. The van der Waals surface area contributed by atoms with Gasteiger partial charge in [0.15, 0.2) is 0 Å². The summed E-state index contributed by atoms with van der Waals surface area (Å²) in [5.74, 6) is 0. The molecule has 1 aromatic heterocycles. The zero-order valence-corrected chi connectivity index (χ0v) is 25.1. The molecule has 0 atom stereocenters. The SMILES string of the molecule is [2H]c1c([2H])c(Cc2c3c([2H])c([2H])c([2H])c([2H])c3c(-c3c([2H])c4c([2H])c([2H])c5c([2H])c([2H])c([2H])c([2H])c5c4c4c([2H])c([2H])c([2H])c([2H])c34)c3c([2H])c([2H])c([2H])c([2H])c23)c2c(oc3c4c([2H])c([2H])c([2H])c([2H])c4c([2H])c([2H])c32)c1[2H]. The zero-order valence-electron chi connectivity index (χ0n) is 53.1. The highest BCUT2D eigenvalue weighted by Crippen LogP contribution is 2.46. The van der Waals surface area contributed by atoms with E-state index in [2.05, 4.69) is 0 Å². The van der Waals surface area contributed by atoms with E-state index in [1.54, 1.807) is 0 Å². The van der Waals surface area contributed by atoms with Crippen LogP contribution in [0.2, 0.25) is 0 Å². The lowest BCUT2D eigenvalue weighted by Crippen LogP contribution is -1.96. The second kappa shape index (κ2) is 10.5. The Hall–Kier alpha value is -6.44. The summed E-state index contributed by atoms with van der Waals surface area (Å²) in [6, 6.07) is -23.9. The molecule has 0 bridgehead atoms. The van der Waals surface area contributed by atoms with Crippen molar-refractivity contribution in [1.82, 2.24) is 0 Å². The van der Waals surface area contributed by atoms with E-state index in [1.807, 2.05) is 0 Å². The van der Waals surface area contributed by atoms with Crippen LogP contribution in [0.25, 0.3) is 97.7 Å². The third-order valence-corrected chi connectivity index (χ3v) is 8.85. The van der Waals surface area contributed by atoms with E-state index in [9.17, 15) is 13.7 Å². The smallest absolute Gasteiger partial charge is 0.143 e. The van der Waals surface area contributed by atoms with Crippen LogP contribution in [0.5, 0.6) is 0 Å². The fraction of sp³-hybridized carbons (Fsp3) is 0.0204. The van der Waals surface area contributed by atoms with Crippen molar-refractivity contribution in [3.8, 4) is 11.1 Å². The molecule has 11 rings (SSSR count). The molecule has 10 aromatic carbocycles. The van der Waals surface area contributed by atoms with Crippen molar-refractivity contribution in [2.45, 2.75) is 6.42 Å². The molecule has 0 saturated carbocycles. The van der Waals surface area contributed by atoms with E-state index in [0.29, 0.717) is 0 Å². The lowest BCUT2D eigenvalue weighted by molar-refractivity contribution is 0.672. The minimum absolute atomic E-state index is 0.347. The van der Waals surface area contributed by atoms with E-state index < -0.39 is 274 Å². The van der Waals surface area contributed by atoms with Gasteiger partial charge in [-0.3, -0.25) is 0 Å². The van der Waals surface area contributed by atoms with Crippen LogP contribution in [0.4, 0.5) is 0 Å². The Morgan fingerprint density at radius 3 is 1.70 bits per heavy atom. The molecule has 0 aliphatic carbocycles. The zero-order chi connectivity index (χ0) is 57.1. The van der Waals surface area contributed by atoms with Gasteiger partial charge in [0.1, 0.15) is 11.2 Å². The molecule has 0 saturated heterocycles. The Balaban J connectivity index is 1.43. The van der Waals surface area contributed by atoms with Gasteiger partial charge in [0, 0.05) is 16.2 Å². The van der Waals surface area contributed by atoms with E-state index in [-0.39, 0.29) is 10.8 Å². The molecule has 11 aromatic rings. The third kappa shape index (κ3) is 3.89. The molecule has 0 N–H and O–H groups in total. The molecule has 0 aliphatic rings. The van der Waals surface area contributed by atoms with Crippen molar-refractivity contribution in [3.63, 3.8) is 0 Å². The van der Waals surface area contributed by atoms with Gasteiger partial charge in [-0.15, -0.1) is 0 Å². The predicted molar refractivity (Wildman–Crippen MR) is 213 cm³/mol. The fourth-order valence-electron chi connectivity index (χ4n) is 6.78. The molecule has 0 amide bonds. The largest absolute Gasteiger partial charge is 0.455 e. The quantitative estimate of drug-likeness (QED) is 0.136. The average molecular weight is 663 g/mol. The highest BCUT2D eigenvalue weighted by Gasteiger charge is 2.20. The number of fused-ring (bicyclic) bond motifs is 12. The highest BCUT2D eigenvalue weighted by molar-refractivity contribution is 6.27. The van der Waals surface area contributed by atoms with Crippen molar-refractivity contribution in [2.24, 2.45) is 0 Å². The molecule has 0 unspecified atom stereocenters. The summed E-state index contributed by atoms with van der Waals surface area (Å²) in [7, 11) is 0. The first kappa shape index (κ1) is 11.9. The minimum atomic E-state index is -0.968. The number of rotatable bonds is 3. The van der Waals surface area contributed by atoms with Crippen LogP contribution in [-0.2, 0) is 6.42 Å². The monoisotopic (exact) mass is 662 g/mol. The van der Waals surface area contributed by atoms with Gasteiger partial charge in [0.05, 0.1) is 38.4 Å². The van der Waals surface area contributed by atoms with Crippen LogP contribution < -0.4 is 0 Å². The summed E-state index contributed by atoms with van der Waals surface area (Å²) >= 11 is 0. The Morgan fingerprint density at radius 1 is 0.400 bits per heavy atom. The van der Waals surface area contributed by atoms with Crippen LogP contribution in [-0.4, -0.2) is 0 Å².